The second-order valence-electron chi connectivity index (χ2n) is 7.84. The number of carbonyl (C=O) groups is 2. The Morgan fingerprint density at radius 3 is 2.47 bits per heavy atom. The van der Waals surface area contributed by atoms with E-state index in [2.05, 4.69) is 5.32 Å². The smallest absolute Gasteiger partial charge is 0.426 e. The predicted octanol–water partition coefficient (Wildman–Crippen LogP) is 2.83. The number of amides is 1. The first-order valence-electron chi connectivity index (χ1n) is 9.71. The van der Waals surface area contributed by atoms with E-state index in [0.717, 1.165) is 6.07 Å². The molecule has 0 spiro atoms. The van der Waals surface area contributed by atoms with Crippen LogP contribution in [0, 0.1) is 5.92 Å². The van der Waals surface area contributed by atoms with Gasteiger partial charge < -0.3 is 20.3 Å². The number of carbonyl (C=O) groups excluding carboxylic acids is 2. The van der Waals surface area contributed by atoms with E-state index < -0.39 is 36.7 Å². The molecule has 2 rings (SSSR count). The van der Waals surface area contributed by atoms with Gasteiger partial charge in [0.1, 0.15) is 0 Å². The quantitative estimate of drug-likeness (QED) is 0.506. The van der Waals surface area contributed by atoms with Crippen LogP contribution in [0.4, 0.5) is 18.9 Å². The molecule has 30 heavy (non-hydrogen) atoms. The molecular weight excluding hydrogens is 423 g/mol. The summed E-state index contributed by atoms with van der Waals surface area (Å²) in [4.78, 5) is 26.0. The highest BCUT2D eigenvalue weighted by molar-refractivity contribution is 6.43. The minimum absolute atomic E-state index is 0.0480. The van der Waals surface area contributed by atoms with Crippen LogP contribution in [0.15, 0.2) is 18.2 Å². The third-order valence-corrected chi connectivity index (χ3v) is 5.23. The van der Waals surface area contributed by atoms with Gasteiger partial charge in [0.05, 0.1) is 17.5 Å². The Kier molecular flexibility index (Phi) is 8.18. The summed E-state index contributed by atoms with van der Waals surface area (Å²) in [5.74, 6) is -1.60. The van der Waals surface area contributed by atoms with Gasteiger partial charge in [-0.15, -0.1) is 0 Å². The average Bonchev–Trinajstić information content (AvgIpc) is 2.58. The van der Waals surface area contributed by atoms with Gasteiger partial charge in [-0.1, -0.05) is 25.4 Å². The Balaban J connectivity index is 1.98. The number of anilines is 1. The van der Waals surface area contributed by atoms with Gasteiger partial charge in [-0.05, 0) is 37.0 Å². The van der Waals surface area contributed by atoms with E-state index in [-0.39, 0.29) is 35.3 Å². The van der Waals surface area contributed by atoms with Crippen LogP contribution in [0.5, 0.6) is 0 Å². The molecule has 0 bridgehead atoms. The normalized spacial score (nSPS) is 17.5. The first-order valence-corrected chi connectivity index (χ1v) is 10.1. The average molecular weight is 449 g/mol. The Bertz CT molecular complexity index is 777. The number of alkyl halides is 3. The van der Waals surface area contributed by atoms with Crippen molar-refractivity contribution in [2.45, 2.75) is 57.7 Å². The van der Waals surface area contributed by atoms with Crippen LogP contribution in [0.25, 0.3) is 0 Å². The molecule has 166 valence electrons. The Hall–Kier alpha value is -1.78. The molecule has 1 aliphatic heterocycles. The molecule has 1 aliphatic rings. The van der Waals surface area contributed by atoms with E-state index in [1.807, 2.05) is 13.8 Å². The van der Waals surface area contributed by atoms with Crippen LogP contribution in [0.2, 0.25) is 5.02 Å². The van der Waals surface area contributed by atoms with Crippen LogP contribution < -0.4 is 10.2 Å². The lowest BCUT2D eigenvalue weighted by molar-refractivity contribution is -0.137. The first-order chi connectivity index (χ1) is 13.9. The number of benzene rings is 1. The van der Waals surface area contributed by atoms with E-state index in [1.165, 1.54) is 17.0 Å². The zero-order valence-electron chi connectivity index (χ0n) is 16.7. The third-order valence-electron chi connectivity index (χ3n) is 4.99. The Morgan fingerprint density at radius 1 is 1.30 bits per heavy atom. The van der Waals surface area contributed by atoms with Gasteiger partial charge in [0, 0.05) is 30.1 Å². The van der Waals surface area contributed by atoms with Crippen molar-refractivity contribution in [2.24, 2.45) is 5.92 Å². The molecule has 11 heteroatoms. The molecule has 1 fully saturated rings. The highest BCUT2D eigenvalue weighted by Crippen LogP contribution is 2.41. The molecular formula is C19H25BClF3N2O4. The standard InChI is InChI=1S/C19H25BClF3N2O4/c1-11(2)9-17(20(29)30)25-18(28)6-5-16(27)15-7-8-26(15)14-4-3-12(21)10-13(14)19(22,23)24/h3-4,10-11,15,17,29-30H,5-9H2,1-2H3,(H,25,28)/t15-,17+/m0/s1. The fourth-order valence-corrected chi connectivity index (χ4v) is 3.61. The summed E-state index contributed by atoms with van der Waals surface area (Å²) in [6, 6.07) is 2.68. The summed E-state index contributed by atoms with van der Waals surface area (Å²) < 4.78 is 40.0. The first kappa shape index (κ1) is 24.5. The number of halogens is 4. The summed E-state index contributed by atoms with van der Waals surface area (Å²) >= 11 is 5.70. The number of nitrogens with zero attached hydrogens (tertiary/aromatic N) is 1. The predicted molar refractivity (Wildman–Crippen MR) is 108 cm³/mol. The van der Waals surface area contributed by atoms with Crippen molar-refractivity contribution in [2.75, 3.05) is 11.4 Å². The maximum atomic E-state index is 13.3. The summed E-state index contributed by atoms with van der Waals surface area (Å²) in [6.07, 6.45) is -4.20. The van der Waals surface area contributed by atoms with Crippen molar-refractivity contribution in [1.82, 2.24) is 5.32 Å². The molecule has 1 aromatic carbocycles. The van der Waals surface area contributed by atoms with E-state index in [4.69, 9.17) is 11.6 Å². The van der Waals surface area contributed by atoms with Crippen LogP contribution in [-0.4, -0.2) is 47.4 Å². The largest absolute Gasteiger partial charge is 0.475 e. The van der Waals surface area contributed by atoms with Gasteiger partial charge in [-0.2, -0.15) is 13.2 Å². The zero-order chi connectivity index (χ0) is 22.6. The third kappa shape index (κ3) is 6.36. The number of hydrogen-bond acceptors (Lipinski definition) is 5. The Labute approximate surface area is 178 Å². The van der Waals surface area contributed by atoms with Crippen LogP contribution in [0.3, 0.4) is 0 Å². The fourth-order valence-electron chi connectivity index (χ4n) is 3.44. The summed E-state index contributed by atoms with van der Waals surface area (Å²) in [5, 5.41) is 21.2. The molecule has 3 N–H and O–H groups in total. The van der Waals surface area contributed by atoms with Gasteiger partial charge >= 0.3 is 13.3 Å². The lowest BCUT2D eigenvalue weighted by atomic mass is 9.75. The molecule has 1 aromatic rings. The van der Waals surface area contributed by atoms with Crippen LogP contribution >= 0.6 is 11.6 Å². The van der Waals surface area contributed by atoms with Crippen molar-refractivity contribution >= 4 is 36.1 Å². The van der Waals surface area contributed by atoms with E-state index in [9.17, 15) is 32.8 Å². The molecule has 1 saturated heterocycles. The lowest BCUT2D eigenvalue weighted by Gasteiger charge is -2.43. The van der Waals surface area contributed by atoms with Crippen molar-refractivity contribution in [1.29, 1.82) is 0 Å². The van der Waals surface area contributed by atoms with Crippen LogP contribution in [-0.2, 0) is 15.8 Å². The number of rotatable bonds is 9. The molecule has 2 atom stereocenters. The molecule has 1 heterocycles. The lowest BCUT2D eigenvalue weighted by Crippen LogP contribution is -2.53. The number of hydrogen-bond donors (Lipinski definition) is 3. The highest BCUT2D eigenvalue weighted by Gasteiger charge is 2.41. The summed E-state index contributed by atoms with van der Waals surface area (Å²) in [7, 11) is -1.72. The second kappa shape index (κ2) is 10.0. The molecule has 1 amide bonds. The topological polar surface area (TPSA) is 89.9 Å². The minimum atomic E-state index is -4.61. The highest BCUT2D eigenvalue weighted by atomic mass is 35.5. The van der Waals surface area contributed by atoms with Crippen molar-refractivity contribution in [3.8, 4) is 0 Å². The minimum Gasteiger partial charge on any atom is -0.426 e. The Morgan fingerprint density at radius 2 is 1.97 bits per heavy atom. The summed E-state index contributed by atoms with van der Waals surface area (Å²) in [5.41, 5.74) is -1.01. The van der Waals surface area contributed by atoms with Crippen molar-refractivity contribution in [3.63, 3.8) is 0 Å². The van der Waals surface area contributed by atoms with Crippen LogP contribution in [0.1, 0.15) is 45.1 Å². The van der Waals surface area contributed by atoms with E-state index in [0.29, 0.717) is 19.4 Å². The maximum Gasteiger partial charge on any atom is 0.475 e. The van der Waals surface area contributed by atoms with E-state index >= 15 is 0 Å². The molecule has 0 aliphatic carbocycles. The number of nitrogens with one attached hydrogen (secondary N) is 1. The number of Topliss-reactive ketones (excluding diaryl/α,β-unsaturated/α-hetero) is 1. The van der Waals surface area contributed by atoms with Gasteiger partial charge in [0.25, 0.3) is 0 Å². The molecule has 0 saturated carbocycles. The van der Waals surface area contributed by atoms with Crippen molar-refractivity contribution < 1.29 is 32.8 Å². The van der Waals surface area contributed by atoms with Crippen molar-refractivity contribution in [3.05, 3.63) is 28.8 Å². The van der Waals surface area contributed by atoms with E-state index in [1.54, 1.807) is 0 Å². The molecule has 6 nitrogen and oxygen atoms in total. The van der Waals surface area contributed by atoms with Gasteiger partial charge in [0.15, 0.2) is 5.78 Å². The molecule has 0 unspecified atom stereocenters. The van der Waals surface area contributed by atoms with Gasteiger partial charge in [0.2, 0.25) is 5.91 Å². The maximum absolute atomic E-state index is 13.3. The molecule has 0 radical (unpaired) electrons. The van der Waals surface area contributed by atoms with Gasteiger partial charge in [-0.25, -0.2) is 0 Å². The monoisotopic (exact) mass is 448 g/mol. The van der Waals surface area contributed by atoms with Gasteiger partial charge in [-0.3, -0.25) is 9.59 Å². The summed E-state index contributed by atoms with van der Waals surface area (Å²) in [6.45, 7) is 4.02. The number of ketones is 1. The zero-order valence-corrected chi connectivity index (χ0v) is 17.5. The molecule has 0 aromatic heterocycles. The second-order valence-corrected chi connectivity index (χ2v) is 8.28. The SMILES string of the molecule is CC(C)C[C@@H](NC(=O)CCC(=O)[C@@H]1CCN1c1ccc(Cl)cc1C(F)(F)F)B(O)O. The fraction of sp³-hybridized carbons (Fsp3) is 0.579.